The number of benzene rings is 2. The number of hydrogen-bond donors (Lipinski definition) is 1. The Labute approximate surface area is 123 Å². The molecule has 0 aliphatic carbocycles. The standard InChI is InChI=1S/C17H18FNO2/c1-19(11-13-6-5-9-15(18)10-13)12-16(17(20)21)14-7-3-2-4-8-14/h2-10,16H,11-12H2,1H3,(H,20,21). The van der Waals surface area contributed by atoms with Crippen LogP contribution in [0.1, 0.15) is 17.0 Å². The first-order valence-electron chi connectivity index (χ1n) is 6.77. The molecule has 0 saturated carbocycles. The van der Waals surface area contributed by atoms with E-state index < -0.39 is 11.9 Å². The van der Waals surface area contributed by atoms with Crippen LogP contribution in [0.3, 0.4) is 0 Å². The molecule has 0 fully saturated rings. The molecule has 2 rings (SSSR count). The summed E-state index contributed by atoms with van der Waals surface area (Å²) in [6, 6.07) is 15.5. The molecular weight excluding hydrogens is 269 g/mol. The highest BCUT2D eigenvalue weighted by Crippen LogP contribution is 2.18. The van der Waals surface area contributed by atoms with Crippen molar-refractivity contribution >= 4 is 5.97 Å². The first kappa shape index (κ1) is 15.2. The molecule has 0 bridgehead atoms. The number of hydrogen-bond acceptors (Lipinski definition) is 2. The molecule has 0 saturated heterocycles. The van der Waals surface area contributed by atoms with E-state index >= 15 is 0 Å². The first-order valence-corrected chi connectivity index (χ1v) is 6.77. The average molecular weight is 287 g/mol. The van der Waals surface area contributed by atoms with Gasteiger partial charge in [-0.2, -0.15) is 0 Å². The Morgan fingerprint density at radius 3 is 2.52 bits per heavy atom. The van der Waals surface area contributed by atoms with Crippen LogP contribution in [0.25, 0.3) is 0 Å². The van der Waals surface area contributed by atoms with Crippen molar-refractivity contribution < 1.29 is 14.3 Å². The highest BCUT2D eigenvalue weighted by atomic mass is 19.1. The Morgan fingerprint density at radius 2 is 1.90 bits per heavy atom. The monoisotopic (exact) mass is 287 g/mol. The number of carboxylic acids is 1. The number of rotatable bonds is 6. The Bertz CT molecular complexity index is 601. The lowest BCUT2D eigenvalue weighted by molar-refractivity contribution is -0.139. The molecule has 0 heterocycles. The maximum Gasteiger partial charge on any atom is 0.312 e. The molecular formula is C17H18FNO2. The van der Waals surface area contributed by atoms with E-state index in [-0.39, 0.29) is 5.82 Å². The zero-order valence-corrected chi connectivity index (χ0v) is 11.9. The van der Waals surface area contributed by atoms with Crippen LogP contribution in [0.4, 0.5) is 4.39 Å². The summed E-state index contributed by atoms with van der Waals surface area (Å²) in [6.45, 7) is 0.879. The minimum absolute atomic E-state index is 0.279. The summed E-state index contributed by atoms with van der Waals surface area (Å²) in [6.07, 6.45) is 0. The predicted molar refractivity (Wildman–Crippen MR) is 79.6 cm³/mol. The smallest absolute Gasteiger partial charge is 0.312 e. The third-order valence-corrected chi connectivity index (χ3v) is 3.34. The normalized spacial score (nSPS) is 12.3. The lowest BCUT2D eigenvalue weighted by atomic mass is 9.98. The molecule has 110 valence electrons. The van der Waals surface area contributed by atoms with Gasteiger partial charge >= 0.3 is 5.97 Å². The first-order chi connectivity index (χ1) is 10.1. The fourth-order valence-electron chi connectivity index (χ4n) is 2.33. The van der Waals surface area contributed by atoms with Crippen molar-refractivity contribution in [2.24, 2.45) is 0 Å². The van der Waals surface area contributed by atoms with Crippen molar-refractivity contribution in [3.63, 3.8) is 0 Å². The minimum atomic E-state index is -0.854. The van der Waals surface area contributed by atoms with Crippen molar-refractivity contribution in [3.05, 3.63) is 71.5 Å². The van der Waals surface area contributed by atoms with E-state index in [1.54, 1.807) is 6.07 Å². The molecule has 0 aliphatic heterocycles. The van der Waals surface area contributed by atoms with Crippen LogP contribution >= 0.6 is 0 Å². The van der Waals surface area contributed by atoms with Crippen molar-refractivity contribution in [2.45, 2.75) is 12.5 Å². The molecule has 1 atom stereocenters. The molecule has 3 nitrogen and oxygen atoms in total. The number of likely N-dealkylation sites (N-methyl/N-ethyl adjacent to an activating group) is 1. The van der Waals surface area contributed by atoms with Gasteiger partial charge in [0, 0.05) is 13.1 Å². The summed E-state index contributed by atoms with van der Waals surface area (Å²) < 4.78 is 13.2. The van der Waals surface area contributed by atoms with Crippen molar-refractivity contribution in [1.82, 2.24) is 4.90 Å². The summed E-state index contributed by atoms with van der Waals surface area (Å²) in [5.41, 5.74) is 1.60. The van der Waals surface area contributed by atoms with Gasteiger partial charge in [-0.1, -0.05) is 42.5 Å². The number of carboxylic acid groups (broad SMARTS) is 1. The summed E-state index contributed by atoms with van der Waals surface area (Å²) in [7, 11) is 1.84. The maximum atomic E-state index is 13.2. The molecule has 2 aromatic carbocycles. The summed E-state index contributed by atoms with van der Waals surface area (Å²) >= 11 is 0. The molecule has 21 heavy (non-hydrogen) atoms. The number of halogens is 1. The summed E-state index contributed by atoms with van der Waals surface area (Å²) in [5.74, 6) is -1.73. The van der Waals surface area contributed by atoms with Gasteiger partial charge in [-0.3, -0.25) is 4.79 Å². The topological polar surface area (TPSA) is 40.5 Å². The van der Waals surface area contributed by atoms with E-state index in [1.807, 2.05) is 48.3 Å². The summed E-state index contributed by atoms with van der Waals surface area (Å²) in [4.78, 5) is 13.3. The quantitative estimate of drug-likeness (QED) is 0.887. The molecule has 0 amide bonds. The Morgan fingerprint density at radius 1 is 1.19 bits per heavy atom. The molecule has 0 aliphatic rings. The van der Waals surface area contributed by atoms with Gasteiger partial charge in [0.15, 0.2) is 0 Å². The second-order valence-electron chi connectivity index (χ2n) is 5.13. The lowest BCUT2D eigenvalue weighted by Gasteiger charge is -2.21. The minimum Gasteiger partial charge on any atom is -0.481 e. The number of carbonyl (C=O) groups is 1. The third-order valence-electron chi connectivity index (χ3n) is 3.34. The average Bonchev–Trinajstić information content (AvgIpc) is 2.45. The molecule has 0 spiro atoms. The molecule has 4 heteroatoms. The summed E-state index contributed by atoms with van der Waals surface area (Å²) in [5, 5.41) is 9.40. The van der Waals surface area contributed by atoms with E-state index in [0.717, 1.165) is 11.1 Å². The van der Waals surface area contributed by atoms with Gasteiger partial charge in [0.25, 0.3) is 0 Å². The van der Waals surface area contributed by atoms with E-state index in [1.165, 1.54) is 12.1 Å². The van der Waals surface area contributed by atoms with Crippen LogP contribution in [0.2, 0.25) is 0 Å². The Kier molecular flexibility index (Phi) is 5.06. The zero-order chi connectivity index (χ0) is 15.2. The van der Waals surface area contributed by atoms with Gasteiger partial charge in [0.2, 0.25) is 0 Å². The van der Waals surface area contributed by atoms with Gasteiger partial charge in [-0.05, 0) is 30.3 Å². The lowest BCUT2D eigenvalue weighted by Crippen LogP contribution is -2.28. The van der Waals surface area contributed by atoms with Crippen LogP contribution in [-0.4, -0.2) is 29.6 Å². The van der Waals surface area contributed by atoms with Crippen LogP contribution in [0.5, 0.6) is 0 Å². The van der Waals surface area contributed by atoms with Crippen LogP contribution in [0.15, 0.2) is 54.6 Å². The highest BCUT2D eigenvalue weighted by molar-refractivity contribution is 5.76. The van der Waals surface area contributed by atoms with Gasteiger partial charge in [-0.15, -0.1) is 0 Å². The van der Waals surface area contributed by atoms with E-state index in [2.05, 4.69) is 0 Å². The van der Waals surface area contributed by atoms with Crippen LogP contribution in [-0.2, 0) is 11.3 Å². The van der Waals surface area contributed by atoms with Gasteiger partial charge in [0.05, 0.1) is 5.92 Å². The number of aliphatic carboxylic acids is 1. The van der Waals surface area contributed by atoms with E-state index in [4.69, 9.17) is 0 Å². The fourth-order valence-corrected chi connectivity index (χ4v) is 2.33. The zero-order valence-electron chi connectivity index (χ0n) is 11.9. The Balaban J connectivity index is 2.05. The third kappa shape index (κ3) is 4.39. The molecule has 0 aromatic heterocycles. The fraction of sp³-hybridized carbons (Fsp3) is 0.235. The van der Waals surface area contributed by atoms with Gasteiger partial charge in [0.1, 0.15) is 5.82 Å². The molecule has 1 unspecified atom stereocenters. The van der Waals surface area contributed by atoms with Crippen LogP contribution in [0, 0.1) is 5.82 Å². The molecule has 2 aromatic rings. The predicted octanol–water partition coefficient (Wildman–Crippen LogP) is 3.13. The molecule has 0 radical (unpaired) electrons. The second kappa shape index (κ2) is 6.99. The van der Waals surface area contributed by atoms with E-state index in [9.17, 15) is 14.3 Å². The van der Waals surface area contributed by atoms with Crippen molar-refractivity contribution in [1.29, 1.82) is 0 Å². The second-order valence-corrected chi connectivity index (χ2v) is 5.13. The number of nitrogens with zero attached hydrogens (tertiary/aromatic N) is 1. The largest absolute Gasteiger partial charge is 0.481 e. The highest BCUT2D eigenvalue weighted by Gasteiger charge is 2.21. The molecule has 1 N–H and O–H groups in total. The van der Waals surface area contributed by atoms with Crippen molar-refractivity contribution in [3.8, 4) is 0 Å². The van der Waals surface area contributed by atoms with Gasteiger partial charge < -0.3 is 10.0 Å². The van der Waals surface area contributed by atoms with Crippen LogP contribution < -0.4 is 0 Å². The van der Waals surface area contributed by atoms with Gasteiger partial charge in [-0.25, -0.2) is 4.39 Å². The Hall–Kier alpha value is -2.20. The SMILES string of the molecule is CN(Cc1cccc(F)c1)CC(C(=O)O)c1ccccc1. The maximum absolute atomic E-state index is 13.2. The van der Waals surface area contributed by atoms with Crippen molar-refractivity contribution in [2.75, 3.05) is 13.6 Å². The van der Waals surface area contributed by atoms with E-state index in [0.29, 0.717) is 13.1 Å².